The van der Waals surface area contributed by atoms with E-state index in [-0.39, 0.29) is 11.8 Å². The lowest BCUT2D eigenvalue weighted by Gasteiger charge is -2.15. The predicted molar refractivity (Wildman–Crippen MR) is 125 cm³/mol. The standard InChI is InChI=1S/C25H29F3N4O/c1-3-5-6-16-33-21-14-12-20(13-15-21)31-24-29-17-22(25(26,27)28)23(32-24)30-19-10-8-18(7-4-2)9-11-19/h8-15,17H,3-7,16H2,1-2H3,(H2,29,30,31,32). The average molecular weight is 459 g/mol. The van der Waals surface area contributed by atoms with Gasteiger partial charge in [0.05, 0.1) is 6.61 Å². The first-order valence-electron chi connectivity index (χ1n) is 11.2. The molecular weight excluding hydrogens is 429 g/mol. The fourth-order valence-electron chi connectivity index (χ4n) is 3.23. The molecule has 0 aliphatic carbocycles. The summed E-state index contributed by atoms with van der Waals surface area (Å²) in [6.45, 7) is 4.86. The first-order chi connectivity index (χ1) is 15.9. The Labute approximate surface area is 192 Å². The second-order valence-corrected chi connectivity index (χ2v) is 7.73. The predicted octanol–water partition coefficient (Wildman–Crippen LogP) is 7.50. The molecule has 0 atom stereocenters. The molecule has 0 spiro atoms. The van der Waals surface area contributed by atoms with Crippen LogP contribution < -0.4 is 15.4 Å². The molecule has 0 aliphatic heterocycles. The molecule has 1 aromatic heterocycles. The number of hydrogen-bond acceptors (Lipinski definition) is 5. The van der Waals surface area contributed by atoms with Crippen molar-refractivity contribution in [3.8, 4) is 5.75 Å². The van der Waals surface area contributed by atoms with E-state index in [0.717, 1.165) is 49.6 Å². The third-order valence-electron chi connectivity index (χ3n) is 4.98. The molecule has 3 aromatic rings. The van der Waals surface area contributed by atoms with Crippen molar-refractivity contribution in [1.29, 1.82) is 0 Å². The number of nitrogens with zero attached hydrogens (tertiary/aromatic N) is 2. The molecule has 0 amide bonds. The summed E-state index contributed by atoms with van der Waals surface area (Å²) in [5.41, 5.74) is 1.36. The summed E-state index contributed by atoms with van der Waals surface area (Å²) < 4.78 is 46.2. The minimum absolute atomic E-state index is 0.0599. The molecule has 2 aromatic carbocycles. The maximum Gasteiger partial charge on any atom is 0.421 e. The number of ether oxygens (including phenoxy) is 1. The largest absolute Gasteiger partial charge is 0.494 e. The van der Waals surface area contributed by atoms with E-state index in [1.807, 2.05) is 12.1 Å². The van der Waals surface area contributed by atoms with E-state index in [0.29, 0.717) is 18.0 Å². The molecule has 176 valence electrons. The lowest BCUT2D eigenvalue weighted by Crippen LogP contribution is -2.12. The molecule has 5 nitrogen and oxygen atoms in total. The fourth-order valence-corrected chi connectivity index (χ4v) is 3.23. The van der Waals surface area contributed by atoms with E-state index in [4.69, 9.17) is 4.74 Å². The molecule has 0 aliphatic rings. The second kappa shape index (κ2) is 11.5. The highest BCUT2D eigenvalue weighted by Crippen LogP contribution is 2.35. The van der Waals surface area contributed by atoms with Gasteiger partial charge in [-0.1, -0.05) is 45.2 Å². The Kier molecular flexibility index (Phi) is 8.52. The number of aryl methyl sites for hydroxylation is 1. The van der Waals surface area contributed by atoms with Crippen LogP contribution in [0.5, 0.6) is 5.75 Å². The van der Waals surface area contributed by atoms with Gasteiger partial charge in [0.15, 0.2) is 0 Å². The van der Waals surface area contributed by atoms with Gasteiger partial charge in [-0.3, -0.25) is 0 Å². The van der Waals surface area contributed by atoms with Crippen molar-refractivity contribution >= 4 is 23.1 Å². The molecule has 33 heavy (non-hydrogen) atoms. The van der Waals surface area contributed by atoms with Gasteiger partial charge < -0.3 is 15.4 Å². The van der Waals surface area contributed by atoms with Crippen LogP contribution in [0.2, 0.25) is 0 Å². The van der Waals surface area contributed by atoms with E-state index in [1.54, 1.807) is 36.4 Å². The Balaban J connectivity index is 1.74. The highest BCUT2D eigenvalue weighted by Gasteiger charge is 2.35. The van der Waals surface area contributed by atoms with E-state index >= 15 is 0 Å². The monoisotopic (exact) mass is 458 g/mol. The first-order valence-corrected chi connectivity index (χ1v) is 11.2. The van der Waals surface area contributed by atoms with Crippen molar-refractivity contribution in [3.05, 3.63) is 65.9 Å². The summed E-state index contributed by atoms with van der Waals surface area (Å²) in [5.74, 6) is 0.489. The number of alkyl halides is 3. The van der Waals surface area contributed by atoms with Gasteiger partial charge in [-0.2, -0.15) is 18.2 Å². The first kappa shape index (κ1) is 24.4. The summed E-state index contributed by atoms with van der Waals surface area (Å²) in [6.07, 6.45) is 1.35. The number of aromatic nitrogens is 2. The van der Waals surface area contributed by atoms with Crippen LogP contribution in [0.15, 0.2) is 54.7 Å². The quantitative estimate of drug-likeness (QED) is 0.291. The number of nitrogens with one attached hydrogen (secondary N) is 2. The van der Waals surface area contributed by atoms with Gasteiger partial charge in [0.1, 0.15) is 17.1 Å². The molecule has 8 heteroatoms. The van der Waals surface area contributed by atoms with Crippen molar-refractivity contribution < 1.29 is 17.9 Å². The molecule has 3 rings (SSSR count). The lowest BCUT2D eigenvalue weighted by molar-refractivity contribution is -0.137. The SMILES string of the molecule is CCCCCOc1ccc(Nc2ncc(C(F)(F)F)c(Nc3ccc(CCC)cc3)n2)cc1. The number of benzene rings is 2. The van der Waals surface area contributed by atoms with E-state index in [9.17, 15) is 13.2 Å². The highest BCUT2D eigenvalue weighted by atomic mass is 19.4. The Bertz CT molecular complexity index is 1010. The summed E-state index contributed by atoms with van der Waals surface area (Å²) in [5, 5.41) is 5.74. The number of unbranched alkanes of at least 4 members (excludes halogenated alkanes) is 2. The summed E-state index contributed by atoms with van der Waals surface area (Å²) in [7, 11) is 0. The molecule has 1 heterocycles. The summed E-state index contributed by atoms with van der Waals surface area (Å²) >= 11 is 0. The minimum Gasteiger partial charge on any atom is -0.494 e. The maximum absolute atomic E-state index is 13.5. The molecule has 0 fully saturated rings. The van der Waals surface area contributed by atoms with E-state index in [2.05, 4.69) is 34.4 Å². The van der Waals surface area contributed by atoms with Gasteiger partial charge in [-0.05, 0) is 54.8 Å². The second-order valence-electron chi connectivity index (χ2n) is 7.73. The zero-order valence-corrected chi connectivity index (χ0v) is 18.9. The van der Waals surface area contributed by atoms with Crippen LogP contribution in [0.25, 0.3) is 0 Å². The third kappa shape index (κ3) is 7.37. The van der Waals surface area contributed by atoms with Crippen LogP contribution in [0.3, 0.4) is 0 Å². The molecule has 0 bridgehead atoms. The molecule has 0 radical (unpaired) electrons. The van der Waals surface area contributed by atoms with Crippen LogP contribution in [-0.4, -0.2) is 16.6 Å². The zero-order chi connectivity index (χ0) is 23.7. The fraction of sp³-hybridized carbons (Fsp3) is 0.360. The molecule has 0 saturated heterocycles. The number of hydrogen-bond donors (Lipinski definition) is 2. The van der Waals surface area contributed by atoms with Crippen LogP contribution >= 0.6 is 0 Å². The van der Waals surface area contributed by atoms with Gasteiger partial charge in [-0.15, -0.1) is 0 Å². The highest BCUT2D eigenvalue weighted by molar-refractivity contribution is 5.63. The molecular formula is C25H29F3N4O. The van der Waals surface area contributed by atoms with E-state index in [1.165, 1.54) is 0 Å². The molecule has 0 saturated carbocycles. The van der Waals surface area contributed by atoms with Crippen molar-refractivity contribution in [2.24, 2.45) is 0 Å². The van der Waals surface area contributed by atoms with Gasteiger partial charge in [0, 0.05) is 17.6 Å². The Morgan fingerprint density at radius 1 is 0.848 bits per heavy atom. The molecule has 2 N–H and O–H groups in total. The Hall–Kier alpha value is -3.29. The Morgan fingerprint density at radius 2 is 1.52 bits per heavy atom. The number of anilines is 4. The minimum atomic E-state index is -4.58. The summed E-state index contributed by atoms with van der Waals surface area (Å²) in [6, 6.07) is 14.4. The van der Waals surface area contributed by atoms with Crippen LogP contribution in [0, 0.1) is 0 Å². The van der Waals surface area contributed by atoms with Crippen LogP contribution in [0.1, 0.15) is 50.7 Å². The smallest absolute Gasteiger partial charge is 0.421 e. The van der Waals surface area contributed by atoms with Gasteiger partial charge in [0.25, 0.3) is 0 Å². The zero-order valence-electron chi connectivity index (χ0n) is 18.9. The number of halogens is 3. The summed E-state index contributed by atoms with van der Waals surface area (Å²) in [4.78, 5) is 7.96. The van der Waals surface area contributed by atoms with Gasteiger partial charge >= 0.3 is 6.18 Å². The maximum atomic E-state index is 13.5. The van der Waals surface area contributed by atoms with Crippen molar-refractivity contribution in [1.82, 2.24) is 9.97 Å². The van der Waals surface area contributed by atoms with E-state index < -0.39 is 11.7 Å². The van der Waals surface area contributed by atoms with Gasteiger partial charge in [-0.25, -0.2) is 4.98 Å². The van der Waals surface area contributed by atoms with Gasteiger partial charge in [0.2, 0.25) is 5.95 Å². The normalized spacial score (nSPS) is 11.3. The topological polar surface area (TPSA) is 59.1 Å². The molecule has 0 unspecified atom stereocenters. The average Bonchev–Trinajstić information content (AvgIpc) is 2.79. The lowest BCUT2D eigenvalue weighted by atomic mass is 10.1. The Morgan fingerprint density at radius 3 is 2.15 bits per heavy atom. The number of rotatable bonds is 11. The van der Waals surface area contributed by atoms with Crippen molar-refractivity contribution in [3.63, 3.8) is 0 Å². The van der Waals surface area contributed by atoms with Crippen LogP contribution in [0.4, 0.5) is 36.3 Å². The van der Waals surface area contributed by atoms with Crippen molar-refractivity contribution in [2.45, 2.75) is 52.1 Å². The van der Waals surface area contributed by atoms with Crippen molar-refractivity contribution in [2.75, 3.05) is 17.2 Å². The third-order valence-corrected chi connectivity index (χ3v) is 4.98. The van der Waals surface area contributed by atoms with Crippen LogP contribution in [-0.2, 0) is 12.6 Å².